The number of hydrogen-bond acceptors (Lipinski definition) is 6. The molecule has 0 atom stereocenters. The first-order chi connectivity index (χ1) is 15.2. The second-order valence-corrected chi connectivity index (χ2v) is 7.84. The van der Waals surface area contributed by atoms with E-state index in [1.807, 2.05) is 30.4 Å². The third-order valence-corrected chi connectivity index (χ3v) is 5.82. The topological polar surface area (TPSA) is 85.1 Å². The Morgan fingerprint density at radius 1 is 1.16 bits per heavy atom. The predicted octanol–water partition coefficient (Wildman–Crippen LogP) is 3.97. The fourth-order valence-corrected chi connectivity index (χ4v) is 4.15. The Kier molecular flexibility index (Phi) is 5.19. The van der Waals surface area contributed by atoms with Gasteiger partial charge in [-0.05, 0) is 41.5 Å². The van der Waals surface area contributed by atoms with E-state index in [0.29, 0.717) is 37.4 Å². The molecule has 6 nitrogen and oxygen atoms in total. The van der Waals surface area contributed by atoms with E-state index in [0.717, 1.165) is 46.5 Å². The average Bonchev–Trinajstić information content (AvgIpc) is 3.25. The summed E-state index contributed by atoms with van der Waals surface area (Å²) in [4.78, 5) is 20.5. The number of nitriles is 1. The van der Waals surface area contributed by atoms with Gasteiger partial charge in [-0.25, -0.2) is 9.97 Å². The van der Waals surface area contributed by atoms with Crippen molar-refractivity contribution in [2.45, 2.75) is 31.8 Å². The van der Waals surface area contributed by atoms with Gasteiger partial charge < -0.3 is 9.47 Å². The van der Waals surface area contributed by atoms with Crippen molar-refractivity contribution in [3.05, 3.63) is 70.7 Å². The van der Waals surface area contributed by atoms with Crippen LogP contribution in [0.2, 0.25) is 0 Å². The fourth-order valence-electron chi connectivity index (χ4n) is 4.15. The SMILES string of the molecule is N#Cc1cc(-c2ncnc3c2C=C(C2=CCC(=O)C=C2)C3)ccc1OC1CCOCC1. The third kappa shape index (κ3) is 3.92. The van der Waals surface area contributed by atoms with E-state index in [2.05, 4.69) is 22.1 Å². The van der Waals surface area contributed by atoms with Gasteiger partial charge in [-0.1, -0.05) is 12.2 Å². The molecule has 0 spiro atoms. The number of carbonyl (C=O) groups excluding carboxylic acids is 1. The minimum absolute atomic E-state index is 0.0733. The number of allylic oxidation sites excluding steroid dienone is 5. The van der Waals surface area contributed by atoms with Crippen LogP contribution >= 0.6 is 0 Å². The molecule has 1 aliphatic heterocycles. The molecular weight excluding hydrogens is 390 g/mol. The maximum atomic E-state index is 11.5. The Labute approximate surface area is 180 Å². The summed E-state index contributed by atoms with van der Waals surface area (Å²) in [6, 6.07) is 7.90. The zero-order valence-corrected chi connectivity index (χ0v) is 17.0. The monoisotopic (exact) mass is 411 g/mol. The number of fused-ring (bicyclic) bond motifs is 1. The summed E-state index contributed by atoms with van der Waals surface area (Å²) in [6.07, 6.45) is 12.0. The first kappa shape index (κ1) is 19.4. The van der Waals surface area contributed by atoms with Crippen molar-refractivity contribution in [2.24, 2.45) is 0 Å². The number of ketones is 1. The van der Waals surface area contributed by atoms with E-state index in [9.17, 15) is 10.1 Å². The van der Waals surface area contributed by atoms with E-state index in [1.165, 1.54) is 0 Å². The van der Waals surface area contributed by atoms with Crippen molar-refractivity contribution in [3.63, 3.8) is 0 Å². The summed E-state index contributed by atoms with van der Waals surface area (Å²) in [7, 11) is 0. The second-order valence-electron chi connectivity index (χ2n) is 7.84. The first-order valence-electron chi connectivity index (χ1n) is 10.5. The molecule has 1 saturated heterocycles. The van der Waals surface area contributed by atoms with Crippen LogP contribution in [0, 0.1) is 11.3 Å². The van der Waals surface area contributed by atoms with E-state index in [1.54, 1.807) is 12.4 Å². The Bertz CT molecular complexity index is 1180. The molecule has 0 amide bonds. The van der Waals surface area contributed by atoms with Crippen LogP contribution in [-0.4, -0.2) is 35.1 Å². The Morgan fingerprint density at radius 2 is 2.03 bits per heavy atom. The van der Waals surface area contributed by atoms with Gasteiger partial charge in [-0.3, -0.25) is 4.79 Å². The summed E-state index contributed by atoms with van der Waals surface area (Å²) < 4.78 is 11.5. The Morgan fingerprint density at radius 3 is 2.81 bits per heavy atom. The molecule has 2 heterocycles. The minimum atomic E-state index is 0.0733. The van der Waals surface area contributed by atoms with Gasteiger partial charge in [0.15, 0.2) is 5.78 Å². The average molecular weight is 411 g/mol. The van der Waals surface area contributed by atoms with Crippen LogP contribution < -0.4 is 4.74 Å². The molecule has 3 aliphatic rings. The van der Waals surface area contributed by atoms with Crippen LogP contribution in [0.5, 0.6) is 5.75 Å². The highest BCUT2D eigenvalue weighted by Crippen LogP contribution is 2.36. The molecule has 0 saturated carbocycles. The molecule has 154 valence electrons. The number of carbonyl (C=O) groups is 1. The van der Waals surface area contributed by atoms with Crippen molar-refractivity contribution in [1.82, 2.24) is 9.97 Å². The molecular formula is C25H21N3O3. The number of nitrogens with zero attached hydrogens (tertiary/aromatic N) is 3. The molecule has 0 unspecified atom stereocenters. The van der Waals surface area contributed by atoms with Gasteiger partial charge >= 0.3 is 0 Å². The van der Waals surface area contributed by atoms with Crippen LogP contribution in [0.3, 0.4) is 0 Å². The Balaban J connectivity index is 1.45. The van der Waals surface area contributed by atoms with Crippen LogP contribution in [0.25, 0.3) is 17.3 Å². The van der Waals surface area contributed by atoms with Crippen molar-refractivity contribution < 1.29 is 14.3 Å². The largest absolute Gasteiger partial charge is 0.489 e. The van der Waals surface area contributed by atoms with Crippen molar-refractivity contribution in [1.29, 1.82) is 5.26 Å². The van der Waals surface area contributed by atoms with Gasteiger partial charge in [0.25, 0.3) is 0 Å². The van der Waals surface area contributed by atoms with E-state index < -0.39 is 0 Å². The van der Waals surface area contributed by atoms with Crippen LogP contribution in [0.1, 0.15) is 36.1 Å². The first-order valence-corrected chi connectivity index (χ1v) is 10.5. The predicted molar refractivity (Wildman–Crippen MR) is 115 cm³/mol. The summed E-state index contributed by atoms with van der Waals surface area (Å²) in [6.45, 7) is 1.37. The van der Waals surface area contributed by atoms with Crippen LogP contribution in [0.15, 0.2) is 53.9 Å². The fraction of sp³-hybridized carbons (Fsp3) is 0.280. The molecule has 1 aromatic heterocycles. The standard InChI is InChI=1S/C25H21N3O3/c26-14-19-11-17(3-6-24(19)31-21-7-9-30-10-8-21)25-22-12-18(13-23(22)27-15-28-25)16-1-4-20(29)5-2-16/h1-4,6,11-12,15,21H,5,7-10,13H2. The van der Waals surface area contributed by atoms with Crippen LogP contribution in [0.4, 0.5) is 0 Å². The van der Waals surface area contributed by atoms with Crippen LogP contribution in [-0.2, 0) is 16.0 Å². The third-order valence-electron chi connectivity index (χ3n) is 5.82. The van der Waals surface area contributed by atoms with Gasteiger partial charge in [0.1, 0.15) is 24.3 Å². The highest BCUT2D eigenvalue weighted by atomic mass is 16.5. The highest BCUT2D eigenvalue weighted by Gasteiger charge is 2.23. The molecule has 5 rings (SSSR count). The number of ether oxygens (including phenoxy) is 2. The normalized spacial score (nSPS) is 18.2. The lowest BCUT2D eigenvalue weighted by atomic mass is 9.98. The van der Waals surface area contributed by atoms with Gasteiger partial charge in [0, 0.05) is 36.8 Å². The van der Waals surface area contributed by atoms with Crippen molar-refractivity contribution in [3.8, 4) is 23.1 Å². The van der Waals surface area contributed by atoms with Gasteiger partial charge in [0.05, 0.1) is 30.2 Å². The summed E-state index contributed by atoms with van der Waals surface area (Å²) in [5.41, 5.74) is 6.25. The highest BCUT2D eigenvalue weighted by molar-refractivity contribution is 5.93. The van der Waals surface area contributed by atoms with Crippen molar-refractivity contribution in [2.75, 3.05) is 13.2 Å². The molecule has 0 bridgehead atoms. The zero-order chi connectivity index (χ0) is 21.2. The summed E-state index contributed by atoms with van der Waals surface area (Å²) >= 11 is 0. The smallest absolute Gasteiger partial charge is 0.159 e. The molecule has 0 radical (unpaired) electrons. The molecule has 2 aromatic rings. The van der Waals surface area contributed by atoms with E-state index in [-0.39, 0.29) is 11.9 Å². The number of aromatic nitrogens is 2. The number of rotatable bonds is 4. The molecule has 1 fully saturated rings. The molecule has 2 aliphatic carbocycles. The second kappa shape index (κ2) is 8.29. The summed E-state index contributed by atoms with van der Waals surface area (Å²) in [5.74, 6) is 0.717. The molecule has 0 N–H and O–H groups in total. The van der Waals surface area contributed by atoms with Crippen molar-refractivity contribution >= 4 is 11.9 Å². The van der Waals surface area contributed by atoms with Gasteiger partial charge in [-0.2, -0.15) is 5.26 Å². The zero-order valence-electron chi connectivity index (χ0n) is 17.0. The lowest BCUT2D eigenvalue weighted by Crippen LogP contribution is -2.26. The molecule has 6 heteroatoms. The quantitative estimate of drug-likeness (QED) is 0.757. The van der Waals surface area contributed by atoms with Gasteiger partial charge in [0.2, 0.25) is 0 Å². The molecule has 31 heavy (non-hydrogen) atoms. The number of benzene rings is 1. The molecule has 1 aromatic carbocycles. The van der Waals surface area contributed by atoms with E-state index >= 15 is 0 Å². The van der Waals surface area contributed by atoms with E-state index in [4.69, 9.17) is 9.47 Å². The lowest BCUT2D eigenvalue weighted by Gasteiger charge is -2.23. The number of hydrogen-bond donors (Lipinski definition) is 0. The maximum Gasteiger partial charge on any atom is 0.159 e. The lowest BCUT2D eigenvalue weighted by molar-refractivity contribution is -0.113. The summed E-state index contributed by atoms with van der Waals surface area (Å²) in [5, 5.41) is 9.70. The van der Waals surface area contributed by atoms with Gasteiger partial charge in [-0.15, -0.1) is 0 Å². The maximum absolute atomic E-state index is 11.5. The minimum Gasteiger partial charge on any atom is -0.489 e. The Hall–Kier alpha value is -3.56.